The molecule has 152 valence electrons. The Kier molecular flexibility index (Phi) is 5.47. The quantitative estimate of drug-likeness (QED) is 0.702. The van der Waals surface area contributed by atoms with E-state index in [1.807, 2.05) is 0 Å². The Bertz CT molecular complexity index is 1030. The largest absolute Gasteiger partial charge is 0.447 e. The maximum Gasteiger partial charge on any atom is 0.375 e. The van der Waals surface area contributed by atoms with Crippen molar-refractivity contribution >= 4 is 32.7 Å². The van der Waals surface area contributed by atoms with Gasteiger partial charge in [-0.15, -0.1) is 0 Å². The number of sulfone groups is 1. The zero-order valence-electron chi connectivity index (χ0n) is 15.9. The number of carbonyl (C=O) groups is 2. The molecular formula is C19H22FNO6S. The van der Waals surface area contributed by atoms with Crippen LogP contribution in [0.1, 0.15) is 36.4 Å². The molecule has 0 N–H and O–H groups in total. The third-order valence-electron chi connectivity index (χ3n) is 5.01. The Balaban J connectivity index is 1.76. The molecule has 28 heavy (non-hydrogen) atoms. The van der Waals surface area contributed by atoms with E-state index in [2.05, 4.69) is 0 Å². The summed E-state index contributed by atoms with van der Waals surface area (Å²) in [6.45, 7) is 5.07. The summed E-state index contributed by atoms with van der Waals surface area (Å²) in [4.78, 5) is 26.6. The molecule has 0 radical (unpaired) electrons. The predicted molar refractivity (Wildman–Crippen MR) is 100 cm³/mol. The number of para-hydroxylation sites is 1. The minimum Gasteiger partial charge on any atom is -0.447 e. The van der Waals surface area contributed by atoms with Crippen LogP contribution in [0.4, 0.5) is 4.39 Å². The Morgan fingerprint density at radius 1 is 1.39 bits per heavy atom. The van der Waals surface area contributed by atoms with Gasteiger partial charge in [-0.3, -0.25) is 4.79 Å². The van der Waals surface area contributed by atoms with Gasteiger partial charge in [0.05, 0.1) is 11.5 Å². The van der Waals surface area contributed by atoms with Gasteiger partial charge >= 0.3 is 5.97 Å². The second kappa shape index (κ2) is 7.54. The van der Waals surface area contributed by atoms with E-state index < -0.39 is 39.7 Å². The molecule has 9 heteroatoms. The summed E-state index contributed by atoms with van der Waals surface area (Å²) in [5.74, 6) is -2.15. The smallest absolute Gasteiger partial charge is 0.375 e. The second-order valence-electron chi connectivity index (χ2n) is 6.90. The van der Waals surface area contributed by atoms with Crippen molar-refractivity contribution < 1.29 is 31.6 Å². The van der Waals surface area contributed by atoms with Gasteiger partial charge < -0.3 is 14.1 Å². The van der Waals surface area contributed by atoms with E-state index in [4.69, 9.17) is 9.15 Å². The van der Waals surface area contributed by atoms with E-state index in [-0.39, 0.29) is 22.8 Å². The first kappa shape index (κ1) is 20.3. The van der Waals surface area contributed by atoms with Crippen LogP contribution in [0.25, 0.3) is 11.0 Å². The molecular weight excluding hydrogens is 389 g/mol. The van der Waals surface area contributed by atoms with E-state index in [1.165, 1.54) is 24.0 Å². The highest BCUT2D eigenvalue weighted by Crippen LogP contribution is 2.28. The van der Waals surface area contributed by atoms with Crippen LogP contribution in [0, 0.1) is 12.7 Å². The summed E-state index contributed by atoms with van der Waals surface area (Å²) in [5, 5.41) is 0.456. The average molecular weight is 411 g/mol. The van der Waals surface area contributed by atoms with Gasteiger partial charge in [-0.05, 0) is 33.3 Å². The molecule has 1 aromatic carbocycles. The number of hydrogen-bond donors (Lipinski definition) is 0. The monoisotopic (exact) mass is 411 g/mol. The number of fused-ring (bicyclic) bond motifs is 1. The molecule has 7 nitrogen and oxygen atoms in total. The minimum absolute atomic E-state index is 0.0410. The molecule has 3 rings (SSSR count). The molecule has 0 aliphatic carbocycles. The van der Waals surface area contributed by atoms with Crippen molar-refractivity contribution in [1.29, 1.82) is 0 Å². The number of rotatable bonds is 5. The summed E-state index contributed by atoms with van der Waals surface area (Å²) in [6, 6.07) is 3.94. The summed E-state index contributed by atoms with van der Waals surface area (Å²) in [6.07, 6.45) is -0.766. The normalized spacial score (nSPS) is 19.5. The number of amides is 1. The molecule has 2 heterocycles. The fourth-order valence-electron chi connectivity index (χ4n) is 3.52. The van der Waals surface area contributed by atoms with Gasteiger partial charge in [-0.25, -0.2) is 17.6 Å². The van der Waals surface area contributed by atoms with Gasteiger partial charge in [0.25, 0.3) is 5.91 Å². The maximum absolute atomic E-state index is 13.9. The highest BCUT2D eigenvalue weighted by molar-refractivity contribution is 7.91. The Morgan fingerprint density at radius 2 is 2.11 bits per heavy atom. The van der Waals surface area contributed by atoms with Crippen LogP contribution in [0.15, 0.2) is 22.6 Å². The van der Waals surface area contributed by atoms with Crippen molar-refractivity contribution in [1.82, 2.24) is 4.90 Å². The summed E-state index contributed by atoms with van der Waals surface area (Å²) in [7, 11) is -3.15. The van der Waals surface area contributed by atoms with E-state index in [0.717, 1.165) is 0 Å². The van der Waals surface area contributed by atoms with Gasteiger partial charge in [-0.1, -0.05) is 12.1 Å². The third kappa shape index (κ3) is 3.76. The lowest BCUT2D eigenvalue weighted by Gasteiger charge is -2.29. The average Bonchev–Trinajstić information content (AvgIpc) is 3.16. The summed E-state index contributed by atoms with van der Waals surface area (Å²) >= 11 is 0. The Labute approximate surface area is 162 Å². The Hall–Kier alpha value is -2.42. The second-order valence-corrected chi connectivity index (χ2v) is 9.13. The fourth-order valence-corrected chi connectivity index (χ4v) is 5.25. The maximum atomic E-state index is 13.9. The van der Waals surface area contributed by atoms with Gasteiger partial charge in [0, 0.05) is 23.5 Å². The van der Waals surface area contributed by atoms with Crippen LogP contribution in [0.2, 0.25) is 0 Å². The molecule has 1 aromatic heterocycles. The number of hydrogen-bond acceptors (Lipinski definition) is 6. The van der Waals surface area contributed by atoms with Gasteiger partial charge in [0.2, 0.25) is 5.76 Å². The van der Waals surface area contributed by atoms with E-state index in [1.54, 1.807) is 19.9 Å². The summed E-state index contributed by atoms with van der Waals surface area (Å²) < 4.78 is 47.8. The van der Waals surface area contributed by atoms with E-state index >= 15 is 0 Å². The van der Waals surface area contributed by atoms with Crippen molar-refractivity contribution in [3.8, 4) is 0 Å². The van der Waals surface area contributed by atoms with Gasteiger partial charge in [-0.2, -0.15) is 0 Å². The highest BCUT2D eigenvalue weighted by Gasteiger charge is 2.36. The fraction of sp³-hybridized carbons (Fsp3) is 0.474. The molecule has 1 aliphatic heterocycles. The van der Waals surface area contributed by atoms with Crippen molar-refractivity contribution in [2.75, 3.05) is 18.1 Å². The number of halogens is 1. The lowest BCUT2D eigenvalue weighted by atomic mass is 10.1. The number of furan rings is 1. The predicted octanol–water partition coefficient (Wildman–Crippen LogP) is 2.46. The summed E-state index contributed by atoms with van der Waals surface area (Å²) in [5.41, 5.74) is 0.380. The molecule has 0 spiro atoms. The van der Waals surface area contributed by atoms with Gasteiger partial charge in [0.1, 0.15) is 0 Å². The highest BCUT2D eigenvalue weighted by atomic mass is 32.2. The van der Waals surface area contributed by atoms with Crippen LogP contribution in [-0.4, -0.2) is 55.4 Å². The topological polar surface area (TPSA) is 93.9 Å². The third-order valence-corrected chi connectivity index (χ3v) is 6.76. The first-order valence-electron chi connectivity index (χ1n) is 9.04. The first-order chi connectivity index (χ1) is 13.1. The Morgan fingerprint density at radius 3 is 2.68 bits per heavy atom. The van der Waals surface area contributed by atoms with Crippen molar-refractivity contribution in [2.24, 2.45) is 0 Å². The van der Waals surface area contributed by atoms with Crippen molar-refractivity contribution in [3.05, 3.63) is 35.3 Å². The number of carbonyl (C=O) groups excluding carboxylic acids is 2. The number of aryl methyl sites for hydroxylation is 1. The molecule has 1 aliphatic rings. The number of esters is 1. The molecule has 1 amide bonds. The van der Waals surface area contributed by atoms with Crippen LogP contribution < -0.4 is 0 Å². The zero-order valence-corrected chi connectivity index (χ0v) is 16.7. The number of likely N-dealkylation sites (N-methyl/N-ethyl adjacent to an activating group) is 1. The lowest BCUT2D eigenvalue weighted by Crippen LogP contribution is -2.46. The van der Waals surface area contributed by atoms with Crippen molar-refractivity contribution in [2.45, 2.75) is 39.3 Å². The molecule has 1 saturated heterocycles. The number of benzene rings is 1. The van der Waals surface area contributed by atoms with Crippen molar-refractivity contribution in [3.63, 3.8) is 0 Å². The molecule has 2 aromatic rings. The van der Waals surface area contributed by atoms with Crippen LogP contribution >= 0.6 is 0 Å². The standard InChI is InChI=1S/C19H22FNO6S/c1-4-21(13-8-9-28(24,25)10-13)18(22)12(3)26-19(23)16-11(2)14-6-5-7-15(20)17(14)27-16/h5-7,12-13H,4,8-10H2,1-3H3/t12-,13-/m0/s1. The SMILES string of the molecule is CCN(C(=O)[C@H](C)OC(=O)c1oc2c(F)cccc2c1C)[C@H]1CCS(=O)(=O)C1. The zero-order chi connectivity index (χ0) is 20.6. The van der Waals surface area contributed by atoms with Gasteiger partial charge in [0.15, 0.2) is 27.3 Å². The lowest BCUT2D eigenvalue weighted by molar-refractivity contribution is -0.141. The van der Waals surface area contributed by atoms with E-state index in [9.17, 15) is 22.4 Å². The molecule has 0 saturated carbocycles. The van der Waals surface area contributed by atoms with E-state index in [0.29, 0.717) is 23.9 Å². The van der Waals surface area contributed by atoms with Crippen LogP contribution in [-0.2, 0) is 19.4 Å². The number of nitrogens with zero attached hydrogens (tertiary/aromatic N) is 1. The van der Waals surface area contributed by atoms with Crippen LogP contribution in [0.3, 0.4) is 0 Å². The van der Waals surface area contributed by atoms with Crippen LogP contribution in [0.5, 0.6) is 0 Å². The first-order valence-corrected chi connectivity index (χ1v) is 10.9. The number of ether oxygens (including phenoxy) is 1. The minimum atomic E-state index is -3.15. The molecule has 1 fully saturated rings. The molecule has 2 atom stereocenters. The molecule has 0 unspecified atom stereocenters. The molecule has 0 bridgehead atoms.